The molecule has 2 aromatic carbocycles. The lowest BCUT2D eigenvalue weighted by Gasteiger charge is -1.99. The van der Waals surface area contributed by atoms with Crippen LogP contribution < -0.4 is 5.32 Å². The molecule has 4 aromatic rings. The van der Waals surface area contributed by atoms with E-state index in [-0.39, 0.29) is 12.3 Å². The number of aromatic nitrogens is 2. The molecule has 1 amide bonds. The molecular weight excluding hydrogens is 310 g/mol. The van der Waals surface area contributed by atoms with Gasteiger partial charge in [-0.05, 0) is 31.2 Å². The van der Waals surface area contributed by atoms with Crippen molar-refractivity contribution in [3.63, 3.8) is 0 Å². The van der Waals surface area contributed by atoms with E-state index in [2.05, 4.69) is 15.5 Å². The number of carbonyl (C=O) groups excluding carboxylic acids is 1. The van der Waals surface area contributed by atoms with Gasteiger partial charge in [-0.3, -0.25) is 4.79 Å². The number of aryl methyl sites for hydroxylation is 1. The second-order valence-corrected chi connectivity index (χ2v) is 6.37. The second kappa shape index (κ2) is 5.48. The van der Waals surface area contributed by atoms with Crippen molar-refractivity contribution in [3.8, 4) is 0 Å². The zero-order valence-corrected chi connectivity index (χ0v) is 13.2. The summed E-state index contributed by atoms with van der Waals surface area (Å²) in [6, 6.07) is 13.6. The highest BCUT2D eigenvalue weighted by Gasteiger charge is 2.14. The third-order valence-corrected chi connectivity index (χ3v) is 4.52. The summed E-state index contributed by atoms with van der Waals surface area (Å²) in [7, 11) is 0. The lowest BCUT2D eigenvalue weighted by atomic mass is 10.1. The molecule has 0 radical (unpaired) electrons. The number of hydrogen-bond donors (Lipinski definition) is 1. The molecule has 0 spiro atoms. The Bertz CT molecular complexity index is 986. The highest BCUT2D eigenvalue weighted by Crippen LogP contribution is 2.26. The van der Waals surface area contributed by atoms with Gasteiger partial charge in [0, 0.05) is 5.39 Å². The summed E-state index contributed by atoms with van der Waals surface area (Å²) in [4.78, 5) is 16.7. The van der Waals surface area contributed by atoms with E-state index in [9.17, 15) is 4.79 Å². The number of thiazole rings is 1. The quantitative estimate of drug-likeness (QED) is 0.620. The van der Waals surface area contributed by atoms with Crippen molar-refractivity contribution in [1.29, 1.82) is 0 Å². The van der Waals surface area contributed by atoms with E-state index in [0.717, 1.165) is 21.2 Å². The van der Waals surface area contributed by atoms with Gasteiger partial charge in [-0.1, -0.05) is 40.3 Å². The minimum atomic E-state index is -0.152. The third kappa shape index (κ3) is 2.68. The molecule has 5 nitrogen and oxygen atoms in total. The first-order chi connectivity index (χ1) is 11.2. The van der Waals surface area contributed by atoms with Crippen LogP contribution in [-0.4, -0.2) is 16.0 Å². The zero-order valence-electron chi connectivity index (χ0n) is 12.4. The van der Waals surface area contributed by atoms with Gasteiger partial charge in [-0.15, -0.1) is 0 Å². The largest absolute Gasteiger partial charge is 0.356 e. The van der Waals surface area contributed by atoms with Crippen LogP contribution in [0.1, 0.15) is 11.3 Å². The lowest BCUT2D eigenvalue weighted by Crippen LogP contribution is -2.14. The third-order valence-electron chi connectivity index (χ3n) is 3.57. The van der Waals surface area contributed by atoms with Gasteiger partial charge >= 0.3 is 0 Å². The van der Waals surface area contributed by atoms with E-state index in [1.165, 1.54) is 11.3 Å². The summed E-state index contributed by atoms with van der Waals surface area (Å²) in [5.74, 6) is -0.152. The SMILES string of the molecule is Cc1ccc2onc(CC(=O)Nc3nc4ccccc4s3)c2c1. The maximum Gasteiger partial charge on any atom is 0.232 e. The Morgan fingerprint density at radius 2 is 2.13 bits per heavy atom. The van der Waals surface area contributed by atoms with Crippen molar-refractivity contribution in [2.45, 2.75) is 13.3 Å². The van der Waals surface area contributed by atoms with Gasteiger partial charge < -0.3 is 9.84 Å². The van der Waals surface area contributed by atoms with Crippen molar-refractivity contribution in [2.24, 2.45) is 0 Å². The number of nitrogens with zero attached hydrogens (tertiary/aromatic N) is 2. The molecule has 0 aliphatic carbocycles. The minimum Gasteiger partial charge on any atom is -0.356 e. The molecule has 0 saturated carbocycles. The van der Waals surface area contributed by atoms with Crippen molar-refractivity contribution in [3.05, 3.63) is 53.7 Å². The number of hydrogen-bond acceptors (Lipinski definition) is 5. The van der Waals surface area contributed by atoms with E-state index in [1.807, 2.05) is 49.4 Å². The summed E-state index contributed by atoms with van der Waals surface area (Å²) in [5, 5.41) is 8.32. The summed E-state index contributed by atoms with van der Waals surface area (Å²) in [6.45, 7) is 2.00. The average Bonchev–Trinajstić information content (AvgIpc) is 3.10. The standard InChI is InChI=1S/C17H13N3O2S/c1-10-6-7-14-11(8-10)13(20-22-14)9-16(21)19-17-18-12-4-2-3-5-15(12)23-17/h2-8H,9H2,1H3,(H,18,19,21). The molecule has 0 saturated heterocycles. The monoisotopic (exact) mass is 323 g/mol. The number of carbonyl (C=O) groups is 1. The number of amides is 1. The minimum absolute atomic E-state index is 0.152. The fourth-order valence-corrected chi connectivity index (χ4v) is 3.35. The summed E-state index contributed by atoms with van der Waals surface area (Å²) >= 11 is 1.46. The van der Waals surface area contributed by atoms with Gasteiger partial charge in [0.05, 0.1) is 16.6 Å². The van der Waals surface area contributed by atoms with E-state index < -0.39 is 0 Å². The Morgan fingerprint density at radius 1 is 1.26 bits per heavy atom. The molecule has 114 valence electrons. The van der Waals surface area contributed by atoms with E-state index in [0.29, 0.717) is 16.4 Å². The maximum atomic E-state index is 12.3. The number of anilines is 1. The first-order valence-corrected chi connectivity index (χ1v) is 8.01. The first kappa shape index (κ1) is 13.9. The number of benzene rings is 2. The molecule has 0 unspecified atom stereocenters. The van der Waals surface area contributed by atoms with Crippen LogP contribution in [-0.2, 0) is 11.2 Å². The van der Waals surface area contributed by atoms with Crippen LogP contribution in [0.2, 0.25) is 0 Å². The predicted octanol–water partition coefficient (Wildman–Crippen LogP) is 3.93. The van der Waals surface area contributed by atoms with E-state index in [4.69, 9.17) is 4.52 Å². The van der Waals surface area contributed by atoms with Crippen molar-refractivity contribution in [2.75, 3.05) is 5.32 Å². The van der Waals surface area contributed by atoms with Crippen LogP contribution >= 0.6 is 11.3 Å². The number of nitrogens with one attached hydrogen (secondary N) is 1. The molecule has 1 N–H and O–H groups in total. The van der Waals surface area contributed by atoms with Crippen LogP contribution in [0.25, 0.3) is 21.2 Å². The lowest BCUT2D eigenvalue weighted by molar-refractivity contribution is -0.115. The van der Waals surface area contributed by atoms with Gasteiger partial charge in [0.25, 0.3) is 0 Å². The molecule has 0 aliphatic rings. The molecule has 2 aromatic heterocycles. The molecule has 4 rings (SSSR count). The van der Waals surface area contributed by atoms with Gasteiger partial charge in [-0.25, -0.2) is 4.98 Å². The number of rotatable bonds is 3. The number of fused-ring (bicyclic) bond motifs is 2. The maximum absolute atomic E-state index is 12.3. The highest BCUT2D eigenvalue weighted by atomic mass is 32.1. The molecule has 0 bridgehead atoms. The summed E-state index contributed by atoms with van der Waals surface area (Å²) in [5.41, 5.74) is 3.32. The molecule has 0 aliphatic heterocycles. The second-order valence-electron chi connectivity index (χ2n) is 5.34. The van der Waals surface area contributed by atoms with Crippen molar-refractivity contribution < 1.29 is 9.32 Å². The fraction of sp³-hybridized carbons (Fsp3) is 0.118. The van der Waals surface area contributed by atoms with Crippen LogP contribution in [0, 0.1) is 6.92 Å². The van der Waals surface area contributed by atoms with Gasteiger partial charge in [0.15, 0.2) is 10.7 Å². The van der Waals surface area contributed by atoms with Gasteiger partial charge in [0.1, 0.15) is 5.69 Å². The Kier molecular flexibility index (Phi) is 3.31. The molecule has 23 heavy (non-hydrogen) atoms. The van der Waals surface area contributed by atoms with E-state index in [1.54, 1.807) is 0 Å². The Labute approximate surface area is 135 Å². The summed E-state index contributed by atoms with van der Waals surface area (Å²) < 4.78 is 6.31. The topological polar surface area (TPSA) is 68.0 Å². The molecule has 0 fully saturated rings. The van der Waals surface area contributed by atoms with Crippen LogP contribution in [0.3, 0.4) is 0 Å². The predicted molar refractivity (Wildman–Crippen MR) is 90.7 cm³/mol. The molecule has 0 atom stereocenters. The summed E-state index contributed by atoms with van der Waals surface area (Å²) in [6.07, 6.45) is 0.159. The normalized spacial score (nSPS) is 11.2. The molecular formula is C17H13N3O2S. The van der Waals surface area contributed by atoms with Crippen LogP contribution in [0.4, 0.5) is 5.13 Å². The van der Waals surface area contributed by atoms with Crippen molar-refractivity contribution in [1.82, 2.24) is 10.1 Å². The Balaban J connectivity index is 1.56. The van der Waals surface area contributed by atoms with Crippen LogP contribution in [0.5, 0.6) is 0 Å². The average molecular weight is 323 g/mol. The highest BCUT2D eigenvalue weighted by molar-refractivity contribution is 7.22. The van der Waals surface area contributed by atoms with Crippen molar-refractivity contribution >= 4 is 43.6 Å². The Hall–Kier alpha value is -2.73. The van der Waals surface area contributed by atoms with Gasteiger partial charge in [0.2, 0.25) is 5.91 Å². The van der Waals surface area contributed by atoms with Crippen LogP contribution in [0.15, 0.2) is 47.0 Å². The van der Waals surface area contributed by atoms with E-state index >= 15 is 0 Å². The molecule has 6 heteroatoms. The number of para-hydroxylation sites is 1. The first-order valence-electron chi connectivity index (χ1n) is 7.19. The smallest absolute Gasteiger partial charge is 0.232 e. The molecule has 2 heterocycles. The zero-order chi connectivity index (χ0) is 15.8. The fourth-order valence-electron chi connectivity index (χ4n) is 2.47. The van der Waals surface area contributed by atoms with Gasteiger partial charge in [-0.2, -0.15) is 0 Å². The Morgan fingerprint density at radius 3 is 3.00 bits per heavy atom.